The Morgan fingerprint density at radius 2 is 1.72 bits per heavy atom. The van der Waals surface area contributed by atoms with E-state index in [-0.39, 0.29) is 0 Å². The van der Waals surface area contributed by atoms with Crippen molar-refractivity contribution in [3.63, 3.8) is 0 Å². The Balaban J connectivity index is 1.63. The van der Waals surface area contributed by atoms with Gasteiger partial charge in [-0.25, -0.2) is 9.97 Å². The maximum atomic E-state index is 5.54. The zero-order valence-corrected chi connectivity index (χ0v) is 17.1. The number of thioether (sulfide) groups is 1. The van der Waals surface area contributed by atoms with Gasteiger partial charge < -0.3 is 9.47 Å². The molecule has 0 unspecified atom stereocenters. The van der Waals surface area contributed by atoms with Gasteiger partial charge in [0, 0.05) is 22.9 Å². The molecule has 0 radical (unpaired) electrons. The second kappa shape index (κ2) is 8.32. The van der Waals surface area contributed by atoms with E-state index in [4.69, 9.17) is 9.47 Å². The molecule has 0 spiro atoms. The lowest BCUT2D eigenvalue weighted by atomic mass is 10.1. The average Bonchev–Trinajstić information content (AvgIpc) is 3.20. The summed E-state index contributed by atoms with van der Waals surface area (Å²) in [6, 6.07) is 13.4. The third kappa shape index (κ3) is 4.07. The van der Waals surface area contributed by atoms with Crippen LogP contribution in [-0.4, -0.2) is 34.8 Å². The fraction of sp³-hybridized carbons (Fsp3) is 0.143. The van der Waals surface area contributed by atoms with E-state index in [1.165, 1.54) is 0 Å². The van der Waals surface area contributed by atoms with Crippen LogP contribution in [0.15, 0.2) is 76.2 Å². The Hall–Kier alpha value is -3.39. The van der Waals surface area contributed by atoms with Gasteiger partial charge in [0.25, 0.3) is 0 Å². The van der Waals surface area contributed by atoms with E-state index in [0.717, 1.165) is 33.3 Å². The Bertz CT molecular complexity index is 1170. The van der Waals surface area contributed by atoms with E-state index in [2.05, 4.69) is 26.3 Å². The minimum absolute atomic E-state index is 0.583. The molecule has 0 amide bonds. The fourth-order valence-electron chi connectivity index (χ4n) is 2.83. The molecular weight excluding hydrogens is 386 g/mol. The molecule has 0 bridgehead atoms. The number of hydrogen-bond donors (Lipinski definition) is 0. The molecule has 4 rings (SSSR count). The second-order valence-corrected chi connectivity index (χ2v) is 6.99. The first kappa shape index (κ1) is 18.9. The highest BCUT2D eigenvalue weighted by Crippen LogP contribution is 2.33. The summed E-state index contributed by atoms with van der Waals surface area (Å²) in [5.74, 6) is 2.14. The Morgan fingerprint density at radius 1 is 0.931 bits per heavy atom. The molecular formula is C21H19N5O2S. The van der Waals surface area contributed by atoms with Crippen LogP contribution in [0.1, 0.15) is 0 Å². The minimum atomic E-state index is 0.583. The lowest BCUT2D eigenvalue weighted by Gasteiger charge is -2.07. The van der Waals surface area contributed by atoms with Crippen molar-refractivity contribution in [2.45, 2.75) is 4.90 Å². The molecule has 0 N–H and O–H groups in total. The summed E-state index contributed by atoms with van der Waals surface area (Å²) in [7, 11) is 3.29. The van der Waals surface area contributed by atoms with Gasteiger partial charge in [-0.2, -0.15) is 5.11 Å². The highest BCUT2D eigenvalue weighted by Gasteiger charge is 2.12. The maximum absolute atomic E-state index is 5.54. The molecule has 2 heterocycles. The van der Waals surface area contributed by atoms with Gasteiger partial charge in [0.1, 0.15) is 17.2 Å². The predicted molar refractivity (Wildman–Crippen MR) is 114 cm³/mol. The molecule has 8 heteroatoms. The van der Waals surface area contributed by atoms with Crippen LogP contribution in [0.3, 0.4) is 0 Å². The molecule has 0 saturated heterocycles. The molecule has 0 aliphatic carbocycles. The van der Waals surface area contributed by atoms with Gasteiger partial charge in [0.2, 0.25) is 5.78 Å². The van der Waals surface area contributed by atoms with Crippen LogP contribution in [0.25, 0.3) is 17.0 Å². The van der Waals surface area contributed by atoms with E-state index in [1.54, 1.807) is 32.2 Å². The summed E-state index contributed by atoms with van der Waals surface area (Å²) in [6.45, 7) is 0. The predicted octanol–water partition coefficient (Wildman–Crippen LogP) is 5.55. The zero-order valence-electron chi connectivity index (χ0n) is 16.2. The molecule has 7 nitrogen and oxygen atoms in total. The summed E-state index contributed by atoms with van der Waals surface area (Å²) in [5.41, 5.74) is 3.06. The monoisotopic (exact) mass is 405 g/mol. The van der Waals surface area contributed by atoms with Crippen LogP contribution >= 0.6 is 11.8 Å². The molecule has 0 atom stereocenters. The van der Waals surface area contributed by atoms with Crippen LogP contribution in [0.4, 0.5) is 11.4 Å². The Kier molecular flexibility index (Phi) is 5.44. The summed E-state index contributed by atoms with van der Waals surface area (Å²) in [4.78, 5) is 10.1. The first-order valence-electron chi connectivity index (χ1n) is 8.83. The van der Waals surface area contributed by atoms with Crippen molar-refractivity contribution in [2.75, 3.05) is 20.5 Å². The smallest absolute Gasteiger partial charge is 0.234 e. The quantitative estimate of drug-likeness (QED) is 0.310. The third-order valence-corrected chi connectivity index (χ3v) is 5.06. The van der Waals surface area contributed by atoms with E-state index in [0.29, 0.717) is 11.5 Å². The third-order valence-electron chi connectivity index (χ3n) is 4.33. The Morgan fingerprint density at radius 3 is 2.45 bits per heavy atom. The first-order chi connectivity index (χ1) is 14.2. The van der Waals surface area contributed by atoms with Crippen molar-refractivity contribution in [2.24, 2.45) is 10.2 Å². The topological polar surface area (TPSA) is 73.4 Å². The molecule has 0 saturated carbocycles. The van der Waals surface area contributed by atoms with Crippen molar-refractivity contribution < 1.29 is 9.47 Å². The van der Waals surface area contributed by atoms with Crippen LogP contribution in [0.5, 0.6) is 11.5 Å². The molecule has 2 aromatic carbocycles. The molecule has 4 aromatic rings. The summed E-state index contributed by atoms with van der Waals surface area (Å²) in [5, 5.41) is 8.51. The lowest BCUT2D eigenvalue weighted by Crippen LogP contribution is -1.88. The zero-order chi connectivity index (χ0) is 20.2. The van der Waals surface area contributed by atoms with E-state index in [9.17, 15) is 0 Å². The Labute approximate surface area is 172 Å². The fourth-order valence-corrected chi connectivity index (χ4v) is 3.26. The number of azo groups is 1. The number of benzene rings is 2. The number of aromatic nitrogens is 3. The number of ether oxygens (including phenoxy) is 2. The number of rotatable bonds is 6. The second-order valence-electron chi connectivity index (χ2n) is 6.11. The molecule has 146 valence electrons. The summed E-state index contributed by atoms with van der Waals surface area (Å²) in [6.07, 6.45) is 7.43. The summed E-state index contributed by atoms with van der Waals surface area (Å²) >= 11 is 1.67. The molecule has 2 aromatic heterocycles. The normalized spacial score (nSPS) is 11.3. The molecule has 0 aliphatic heterocycles. The van der Waals surface area contributed by atoms with Crippen molar-refractivity contribution >= 4 is 28.9 Å². The van der Waals surface area contributed by atoms with Gasteiger partial charge in [0.15, 0.2) is 0 Å². The van der Waals surface area contributed by atoms with Gasteiger partial charge in [-0.15, -0.1) is 16.9 Å². The van der Waals surface area contributed by atoms with Gasteiger partial charge in [-0.1, -0.05) is 0 Å². The molecule has 29 heavy (non-hydrogen) atoms. The number of imidazole rings is 1. The number of nitrogens with zero attached hydrogens (tertiary/aromatic N) is 5. The number of fused-ring (bicyclic) bond motifs is 1. The maximum Gasteiger partial charge on any atom is 0.234 e. The van der Waals surface area contributed by atoms with E-state index < -0.39 is 0 Å². The van der Waals surface area contributed by atoms with E-state index >= 15 is 0 Å². The van der Waals surface area contributed by atoms with Gasteiger partial charge in [-0.3, -0.25) is 4.40 Å². The average molecular weight is 405 g/mol. The van der Waals surface area contributed by atoms with Gasteiger partial charge >= 0.3 is 0 Å². The van der Waals surface area contributed by atoms with Crippen LogP contribution < -0.4 is 9.47 Å². The van der Waals surface area contributed by atoms with E-state index in [1.807, 2.05) is 59.4 Å². The van der Waals surface area contributed by atoms with Gasteiger partial charge in [-0.05, 0) is 48.7 Å². The lowest BCUT2D eigenvalue weighted by molar-refractivity contribution is 0.415. The van der Waals surface area contributed by atoms with Crippen molar-refractivity contribution in [3.8, 4) is 22.8 Å². The van der Waals surface area contributed by atoms with Crippen molar-refractivity contribution in [1.82, 2.24) is 14.4 Å². The highest BCUT2D eigenvalue weighted by atomic mass is 32.2. The van der Waals surface area contributed by atoms with Gasteiger partial charge in [0.05, 0.1) is 31.8 Å². The number of methoxy groups -OCH3 is 2. The minimum Gasteiger partial charge on any atom is -0.497 e. The SMILES string of the molecule is COc1ccc(/N=N/c2cnc3nc(-c4ccc(SC)cc4OC)cn3c2)cc1. The van der Waals surface area contributed by atoms with Crippen LogP contribution in [0.2, 0.25) is 0 Å². The molecule has 0 fully saturated rings. The summed E-state index contributed by atoms with van der Waals surface area (Å²) < 4.78 is 12.5. The number of hydrogen-bond acceptors (Lipinski definition) is 7. The van der Waals surface area contributed by atoms with Crippen molar-refractivity contribution in [3.05, 3.63) is 61.1 Å². The van der Waals surface area contributed by atoms with Crippen LogP contribution in [-0.2, 0) is 0 Å². The van der Waals surface area contributed by atoms with Crippen LogP contribution in [0, 0.1) is 0 Å². The first-order valence-corrected chi connectivity index (χ1v) is 10.1. The molecule has 0 aliphatic rings. The highest BCUT2D eigenvalue weighted by molar-refractivity contribution is 7.98. The van der Waals surface area contributed by atoms with Crippen molar-refractivity contribution in [1.29, 1.82) is 0 Å². The largest absolute Gasteiger partial charge is 0.497 e. The standard InChI is InChI=1S/C21H19N5O2S/c1-27-16-6-4-14(5-7-16)24-25-15-11-22-21-23-19(13-26(21)12-15)18-9-8-17(29-3)10-20(18)28-2/h4-13H,1-3H3/b25-24+.